The Balaban J connectivity index is 2.33. The highest BCUT2D eigenvalue weighted by Gasteiger charge is 2.08. The Hall–Kier alpha value is -2.85. The predicted molar refractivity (Wildman–Crippen MR) is 70.3 cm³/mol. The smallest absolute Gasteiger partial charge is 0.143 e. The molecular weight excluding hydrogens is 241 g/mol. The van der Waals surface area contributed by atoms with E-state index in [0.717, 1.165) is 5.69 Å². The average Bonchev–Trinajstić information content (AvgIpc) is 2.46. The van der Waals surface area contributed by atoms with Crippen LogP contribution in [0.4, 0.5) is 15.8 Å². The zero-order valence-electron chi connectivity index (χ0n) is 10.3. The molecule has 0 N–H and O–H groups in total. The highest BCUT2D eigenvalue weighted by atomic mass is 19.1. The summed E-state index contributed by atoms with van der Waals surface area (Å²) < 4.78 is 13.6. The number of rotatable bonds is 2. The zero-order valence-corrected chi connectivity index (χ0v) is 10.3. The van der Waals surface area contributed by atoms with Crippen LogP contribution >= 0.6 is 0 Å². The van der Waals surface area contributed by atoms with Crippen LogP contribution in [0.5, 0.6) is 0 Å². The lowest BCUT2D eigenvalue weighted by Crippen LogP contribution is -2.09. The summed E-state index contributed by atoms with van der Waals surface area (Å²) in [7, 11) is 1.79. The van der Waals surface area contributed by atoms with Gasteiger partial charge in [0.2, 0.25) is 0 Å². The van der Waals surface area contributed by atoms with E-state index >= 15 is 0 Å². The second-order valence-corrected chi connectivity index (χ2v) is 3.99. The molecule has 0 amide bonds. The van der Waals surface area contributed by atoms with Crippen molar-refractivity contribution in [2.24, 2.45) is 0 Å². The normalized spacial score (nSPS) is 9.47. The predicted octanol–water partition coefficient (Wildman–Crippen LogP) is 3.34. The third-order valence-electron chi connectivity index (χ3n) is 2.84. The molecule has 0 spiro atoms. The molecule has 0 aliphatic heterocycles. The van der Waals surface area contributed by atoms with Crippen LogP contribution in [0.15, 0.2) is 42.5 Å². The Morgan fingerprint density at radius 1 is 0.947 bits per heavy atom. The maximum absolute atomic E-state index is 13.6. The van der Waals surface area contributed by atoms with E-state index in [2.05, 4.69) is 0 Å². The Bertz CT molecular complexity index is 678. The molecule has 0 radical (unpaired) electrons. The van der Waals surface area contributed by atoms with E-state index in [1.165, 1.54) is 12.1 Å². The maximum Gasteiger partial charge on any atom is 0.143 e. The quantitative estimate of drug-likeness (QED) is 0.822. The fraction of sp³-hybridized carbons (Fsp3) is 0.0667. The summed E-state index contributed by atoms with van der Waals surface area (Å²) in [6.45, 7) is 0. The molecule has 0 unspecified atom stereocenters. The third kappa shape index (κ3) is 2.53. The van der Waals surface area contributed by atoms with Gasteiger partial charge in [0.15, 0.2) is 0 Å². The van der Waals surface area contributed by atoms with E-state index < -0.39 is 5.82 Å². The maximum atomic E-state index is 13.6. The van der Waals surface area contributed by atoms with Gasteiger partial charge in [0.1, 0.15) is 11.9 Å². The van der Waals surface area contributed by atoms with Crippen LogP contribution in [0.3, 0.4) is 0 Å². The van der Waals surface area contributed by atoms with Gasteiger partial charge in [-0.05, 0) is 42.5 Å². The van der Waals surface area contributed by atoms with E-state index in [4.69, 9.17) is 10.5 Å². The lowest BCUT2D eigenvalue weighted by atomic mass is 10.1. The number of hydrogen-bond acceptors (Lipinski definition) is 3. The van der Waals surface area contributed by atoms with E-state index in [1.807, 2.05) is 6.07 Å². The summed E-state index contributed by atoms with van der Waals surface area (Å²) in [5.74, 6) is -0.541. The first kappa shape index (κ1) is 12.6. The Morgan fingerprint density at radius 2 is 1.58 bits per heavy atom. The summed E-state index contributed by atoms with van der Waals surface area (Å²) in [5, 5.41) is 17.4. The molecule has 0 atom stereocenters. The van der Waals surface area contributed by atoms with Gasteiger partial charge < -0.3 is 4.90 Å². The lowest BCUT2D eigenvalue weighted by Gasteiger charge is -2.19. The van der Waals surface area contributed by atoms with Crippen LogP contribution in [0.2, 0.25) is 0 Å². The molecule has 92 valence electrons. The highest BCUT2D eigenvalue weighted by molar-refractivity contribution is 5.64. The molecule has 3 nitrogen and oxygen atoms in total. The van der Waals surface area contributed by atoms with Crippen molar-refractivity contribution in [1.29, 1.82) is 10.5 Å². The van der Waals surface area contributed by atoms with E-state index in [0.29, 0.717) is 11.3 Å². The van der Waals surface area contributed by atoms with Gasteiger partial charge in [-0.1, -0.05) is 0 Å². The lowest BCUT2D eigenvalue weighted by molar-refractivity contribution is 0.624. The van der Waals surface area contributed by atoms with E-state index in [1.54, 1.807) is 48.3 Å². The molecule has 0 saturated carbocycles. The van der Waals surface area contributed by atoms with Crippen LogP contribution in [0, 0.1) is 28.5 Å². The molecular formula is C15H10FN3. The van der Waals surface area contributed by atoms with Crippen molar-refractivity contribution >= 4 is 11.4 Å². The van der Waals surface area contributed by atoms with Gasteiger partial charge in [-0.15, -0.1) is 0 Å². The van der Waals surface area contributed by atoms with Gasteiger partial charge in [0, 0.05) is 18.4 Å². The fourth-order valence-corrected chi connectivity index (χ4v) is 1.71. The average molecular weight is 251 g/mol. The minimum atomic E-state index is -0.541. The minimum absolute atomic E-state index is 0.0250. The van der Waals surface area contributed by atoms with Gasteiger partial charge in [0.25, 0.3) is 0 Å². The molecule has 0 aliphatic rings. The standard InChI is InChI=1S/C15H10FN3/c1-19(13-5-2-11(9-17)3-6-13)14-7-4-12(10-18)15(16)8-14/h2-8H,1H3. The third-order valence-corrected chi connectivity index (χ3v) is 2.84. The monoisotopic (exact) mass is 251 g/mol. The van der Waals surface area contributed by atoms with Crippen LogP contribution in [-0.2, 0) is 0 Å². The minimum Gasteiger partial charge on any atom is -0.345 e. The first-order valence-electron chi connectivity index (χ1n) is 5.59. The SMILES string of the molecule is CN(c1ccc(C#N)cc1)c1ccc(C#N)c(F)c1. The Labute approximate surface area is 110 Å². The summed E-state index contributed by atoms with van der Waals surface area (Å²) >= 11 is 0. The molecule has 0 saturated heterocycles. The summed E-state index contributed by atoms with van der Waals surface area (Å²) in [6, 6.07) is 15.2. The fourth-order valence-electron chi connectivity index (χ4n) is 1.71. The van der Waals surface area contributed by atoms with Gasteiger partial charge in [-0.2, -0.15) is 10.5 Å². The molecule has 2 aromatic rings. The van der Waals surface area contributed by atoms with Crippen molar-refractivity contribution in [1.82, 2.24) is 0 Å². The topological polar surface area (TPSA) is 50.8 Å². The first-order chi connectivity index (χ1) is 9.15. The number of halogens is 1. The van der Waals surface area contributed by atoms with Crippen molar-refractivity contribution in [3.05, 3.63) is 59.4 Å². The molecule has 19 heavy (non-hydrogen) atoms. The van der Waals surface area contributed by atoms with Crippen molar-refractivity contribution in [3.8, 4) is 12.1 Å². The van der Waals surface area contributed by atoms with Crippen molar-refractivity contribution in [2.75, 3.05) is 11.9 Å². The van der Waals surface area contributed by atoms with Crippen LogP contribution < -0.4 is 4.90 Å². The molecule has 0 fully saturated rings. The molecule has 2 rings (SSSR count). The van der Waals surface area contributed by atoms with Gasteiger partial charge >= 0.3 is 0 Å². The Kier molecular flexibility index (Phi) is 3.45. The van der Waals surface area contributed by atoms with Crippen molar-refractivity contribution < 1.29 is 4.39 Å². The molecule has 0 bridgehead atoms. The second kappa shape index (κ2) is 5.20. The molecule has 0 heterocycles. The highest BCUT2D eigenvalue weighted by Crippen LogP contribution is 2.25. The van der Waals surface area contributed by atoms with Crippen molar-refractivity contribution in [3.63, 3.8) is 0 Å². The largest absolute Gasteiger partial charge is 0.345 e. The van der Waals surface area contributed by atoms with E-state index in [-0.39, 0.29) is 5.56 Å². The molecule has 0 aromatic heterocycles. The zero-order chi connectivity index (χ0) is 13.8. The molecule has 2 aromatic carbocycles. The number of nitriles is 2. The summed E-state index contributed by atoms with van der Waals surface area (Å²) in [5.41, 5.74) is 2.07. The number of anilines is 2. The van der Waals surface area contributed by atoms with Gasteiger partial charge in [0.05, 0.1) is 17.2 Å². The molecule has 4 heteroatoms. The number of benzene rings is 2. The van der Waals surface area contributed by atoms with Crippen LogP contribution in [0.1, 0.15) is 11.1 Å². The van der Waals surface area contributed by atoms with Crippen molar-refractivity contribution in [2.45, 2.75) is 0 Å². The summed E-state index contributed by atoms with van der Waals surface area (Å²) in [4.78, 5) is 1.78. The first-order valence-corrected chi connectivity index (χ1v) is 5.59. The number of nitrogens with zero attached hydrogens (tertiary/aromatic N) is 3. The Morgan fingerprint density at radius 3 is 2.11 bits per heavy atom. The van der Waals surface area contributed by atoms with Gasteiger partial charge in [-0.3, -0.25) is 0 Å². The number of hydrogen-bond donors (Lipinski definition) is 0. The van der Waals surface area contributed by atoms with Gasteiger partial charge in [-0.25, -0.2) is 4.39 Å². The van der Waals surface area contributed by atoms with Crippen LogP contribution in [-0.4, -0.2) is 7.05 Å². The van der Waals surface area contributed by atoms with Crippen LogP contribution in [0.25, 0.3) is 0 Å². The second-order valence-electron chi connectivity index (χ2n) is 3.99. The molecule has 0 aliphatic carbocycles. The van der Waals surface area contributed by atoms with E-state index in [9.17, 15) is 4.39 Å². The summed E-state index contributed by atoms with van der Waals surface area (Å²) in [6.07, 6.45) is 0.